The first-order valence-electron chi connectivity index (χ1n) is 10.7. The van der Waals surface area contributed by atoms with Crippen molar-refractivity contribution in [3.8, 4) is 0 Å². The second-order valence-corrected chi connectivity index (χ2v) is 11.6. The summed E-state index contributed by atoms with van der Waals surface area (Å²) in [4.78, 5) is 15.3. The molecule has 1 saturated heterocycles. The summed E-state index contributed by atoms with van der Waals surface area (Å²) >= 11 is 0. The second kappa shape index (κ2) is 8.06. The number of piperazine rings is 1. The Morgan fingerprint density at radius 3 is 1.97 bits per heavy atom. The van der Waals surface area contributed by atoms with Crippen LogP contribution < -0.4 is 0 Å². The minimum atomic E-state index is -3.69. The molecule has 1 aliphatic rings. The van der Waals surface area contributed by atoms with Gasteiger partial charge in [-0.3, -0.25) is 9.48 Å². The highest BCUT2D eigenvalue weighted by Crippen LogP contribution is 2.30. The smallest absolute Gasteiger partial charge is 0.246 e. The second-order valence-electron chi connectivity index (χ2n) is 9.77. The number of rotatable bonds is 4. The van der Waals surface area contributed by atoms with Crippen LogP contribution in [-0.2, 0) is 25.8 Å². The molecule has 0 atom stereocenters. The molecule has 2 heterocycles. The Labute approximate surface area is 186 Å². The molecule has 1 aliphatic heterocycles. The van der Waals surface area contributed by atoms with Gasteiger partial charge >= 0.3 is 0 Å². The summed E-state index contributed by atoms with van der Waals surface area (Å²) in [5, 5.41) is 4.50. The zero-order valence-corrected chi connectivity index (χ0v) is 20.5. The number of amides is 1. The number of aromatic nitrogens is 2. The van der Waals surface area contributed by atoms with Gasteiger partial charge in [-0.25, -0.2) is 8.42 Å². The number of aryl methyl sites for hydroxylation is 1. The lowest BCUT2D eigenvalue weighted by atomic mass is 9.83. The van der Waals surface area contributed by atoms with Crippen molar-refractivity contribution < 1.29 is 13.2 Å². The maximum Gasteiger partial charge on any atom is 0.246 e. The molecular weight excluding hydrogens is 412 g/mol. The monoisotopic (exact) mass is 446 g/mol. The molecule has 7 nitrogen and oxygen atoms in total. The summed E-state index contributed by atoms with van der Waals surface area (Å²) in [7, 11) is -3.69. The van der Waals surface area contributed by atoms with E-state index < -0.39 is 15.4 Å². The molecule has 0 aliphatic carbocycles. The van der Waals surface area contributed by atoms with Crippen molar-refractivity contribution >= 4 is 15.9 Å². The summed E-state index contributed by atoms with van der Waals surface area (Å²) in [6, 6.07) is 9.70. The Bertz CT molecular complexity index is 1060. The van der Waals surface area contributed by atoms with Crippen molar-refractivity contribution in [2.24, 2.45) is 0 Å². The largest absolute Gasteiger partial charge is 0.339 e. The molecule has 1 amide bonds. The molecule has 170 valence electrons. The van der Waals surface area contributed by atoms with Crippen LogP contribution in [0.1, 0.15) is 51.6 Å². The van der Waals surface area contributed by atoms with E-state index in [-0.39, 0.29) is 29.4 Å². The Morgan fingerprint density at radius 1 is 0.935 bits per heavy atom. The van der Waals surface area contributed by atoms with Gasteiger partial charge in [0.05, 0.1) is 22.3 Å². The molecule has 0 unspecified atom stereocenters. The van der Waals surface area contributed by atoms with Crippen LogP contribution in [0.3, 0.4) is 0 Å². The van der Waals surface area contributed by atoms with E-state index in [2.05, 4.69) is 5.10 Å². The standard InChI is InChI=1S/C23H34N4O3S/c1-17-20(18(2)27(24-17)22(3,4)5)31(29,30)26-15-13-25(14-16-26)21(28)23(6,7)19-11-9-8-10-12-19/h8-12H,13-16H2,1-7H3. The van der Waals surface area contributed by atoms with E-state index in [1.807, 2.05) is 65.0 Å². The number of hydrogen-bond donors (Lipinski definition) is 0. The molecule has 0 radical (unpaired) electrons. The third kappa shape index (κ3) is 4.28. The number of nitrogens with zero attached hydrogens (tertiary/aromatic N) is 4. The normalized spacial score (nSPS) is 16.5. The Balaban J connectivity index is 1.78. The minimum absolute atomic E-state index is 0.0173. The first-order valence-corrected chi connectivity index (χ1v) is 12.1. The topological polar surface area (TPSA) is 75.5 Å². The number of sulfonamides is 1. The molecule has 2 aromatic rings. The molecule has 0 spiro atoms. The maximum absolute atomic E-state index is 13.4. The molecule has 1 aromatic heterocycles. The highest BCUT2D eigenvalue weighted by molar-refractivity contribution is 7.89. The van der Waals surface area contributed by atoms with E-state index in [0.717, 1.165) is 5.56 Å². The Hall–Kier alpha value is -2.19. The van der Waals surface area contributed by atoms with Crippen LogP contribution in [0.25, 0.3) is 0 Å². The van der Waals surface area contributed by atoms with Crippen LogP contribution in [0.2, 0.25) is 0 Å². The maximum atomic E-state index is 13.4. The summed E-state index contributed by atoms with van der Waals surface area (Å²) < 4.78 is 30.1. The molecule has 3 rings (SSSR count). The number of carbonyl (C=O) groups excluding carboxylic acids is 1. The third-order valence-corrected chi connectivity index (χ3v) is 8.17. The van der Waals surface area contributed by atoms with Crippen molar-refractivity contribution in [2.45, 2.75) is 64.3 Å². The number of hydrogen-bond acceptors (Lipinski definition) is 4. The molecule has 1 aromatic carbocycles. The average molecular weight is 447 g/mol. The van der Waals surface area contributed by atoms with E-state index in [1.54, 1.807) is 23.4 Å². The predicted octanol–water partition coefficient (Wildman–Crippen LogP) is 3.07. The summed E-state index contributed by atoms with van der Waals surface area (Å²) in [6.07, 6.45) is 0. The van der Waals surface area contributed by atoms with E-state index >= 15 is 0 Å². The zero-order chi connectivity index (χ0) is 23.2. The minimum Gasteiger partial charge on any atom is -0.339 e. The molecular formula is C23H34N4O3S. The fraction of sp³-hybridized carbons (Fsp3) is 0.565. The summed E-state index contributed by atoms with van der Waals surface area (Å²) in [5.74, 6) is 0.0173. The molecule has 0 bridgehead atoms. The fourth-order valence-electron chi connectivity index (χ4n) is 4.29. The van der Waals surface area contributed by atoms with E-state index in [0.29, 0.717) is 24.5 Å². The molecule has 0 saturated carbocycles. The number of benzene rings is 1. The highest BCUT2D eigenvalue weighted by Gasteiger charge is 2.39. The van der Waals surface area contributed by atoms with Gasteiger partial charge < -0.3 is 4.90 Å². The van der Waals surface area contributed by atoms with E-state index in [4.69, 9.17) is 0 Å². The molecule has 31 heavy (non-hydrogen) atoms. The van der Waals surface area contributed by atoms with Gasteiger partial charge in [0.25, 0.3) is 0 Å². The summed E-state index contributed by atoms with van der Waals surface area (Å²) in [6.45, 7) is 14.7. The Kier molecular flexibility index (Phi) is 6.10. The van der Waals surface area contributed by atoms with E-state index in [1.165, 1.54) is 4.31 Å². The highest BCUT2D eigenvalue weighted by atomic mass is 32.2. The molecule has 0 N–H and O–H groups in total. The van der Waals surface area contributed by atoms with Crippen molar-refractivity contribution in [1.82, 2.24) is 19.0 Å². The van der Waals surface area contributed by atoms with Gasteiger partial charge in [0.1, 0.15) is 4.90 Å². The number of carbonyl (C=O) groups is 1. The molecule has 1 fully saturated rings. The van der Waals surface area contributed by atoms with Crippen LogP contribution in [0.5, 0.6) is 0 Å². The average Bonchev–Trinajstić information content (AvgIpc) is 3.03. The molecule has 8 heteroatoms. The van der Waals surface area contributed by atoms with Crippen LogP contribution in [0, 0.1) is 13.8 Å². The van der Waals surface area contributed by atoms with Crippen molar-refractivity contribution in [3.63, 3.8) is 0 Å². The van der Waals surface area contributed by atoms with Gasteiger partial charge in [-0.15, -0.1) is 0 Å². The van der Waals surface area contributed by atoms with Crippen LogP contribution in [0.4, 0.5) is 0 Å². The lowest BCUT2D eigenvalue weighted by Crippen LogP contribution is -2.54. The van der Waals surface area contributed by atoms with Crippen LogP contribution in [-0.4, -0.2) is 59.5 Å². The van der Waals surface area contributed by atoms with Gasteiger partial charge in [0, 0.05) is 26.2 Å². The first-order chi connectivity index (χ1) is 14.3. The van der Waals surface area contributed by atoms with Gasteiger partial charge in [-0.2, -0.15) is 9.40 Å². The van der Waals surface area contributed by atoms with Gasteiger partial charge in [-0.1, -0.05) is 30.3 Å². The van der Waals surface area contributed by atoms with Crippen LogP contribution >= 0.6 is 0 Å². The Morgan fingerprint density at radius 2 is 1.48 bits per heavy atom. The lowest BCUT2D eigenvalue weighted by molar-refractivity contribution is -0.137. The van der Waals surface area contributed by atoms with Crippen molar-refractivity contribution in [3.05, 3.63) is 47.3 Å². The van der Waals surface area contributed by atoms with Gasteiger partial charge in [0.2, 0.25) is 15.9 Å². The quantitative estimate of drug-likeness (QED) is 0.723. The zero-order valence-electron chi connectivity index (χ0n) is 19.6. The van der Waals surface area contributed by atoms with E-state index in [9.17, 15) is 13.2 Å². The van der Waals surface area contributed by atoms with Crippen molar-refractivity contribution in [1.29, 1.82) is 0 Å². The first kappa shape index (κ1) is 23.5. The van der Waals surface area contributed by atoms with Gasteiger partial charge in [-0.05, 0) is 54.0 Å². The van der Waals surface area contributed by atoms with Gasteiger partial charge in [0.15, 0.2) is 0 Å². The van der Waals surface area contributed by atoms with Crippen molar-refractivity contribution in [2.75, 3.05) is 26.2 Å². The SMILES string of the molecule is Cc1nn(C(C)(C)C)c(C)c1S(=O)(=O)N1CCN(C(=O)C(C)(C)c2ccccc2)CC1. The summed E-state index contributed by atoms with van der Waals surface area (Å²) in [5.41, 5.74) is 1.14. The fourth-order valence-corrected chi connectivity index (χ4v) is 6.07. The third-order valence-electron chi connectivity index (χ3n) is 6.01. The lowest BCUT2D eigenvalue weighted by Gasteiger charge is -2.38. The van der Waals surface area contributed by atoms with Crippen LogP contribution in [0.15, 0.2) is 35.2 Å². The predicted molar refractivity (Wildman–Crippen MR) is 122 cm³/mol.